The molecule has 3 saturated heterocycles. The molecule has 12 N–H and O–H groups in total. The van der Waals surface area contributed by atoms with Gasteiger partial charge in [-0.3, -0.25) is 9.13 Å². The lowest BCUT2D eigenvalue weighted by atomic mass is 9.95. The molecular formula is C37H42Cl3F3N10O12. The number of rotatable bonds is 6. The summed E-state index contributed by atoms with van der Waals surface area (Å²) in [5.74, 6) is 5.77. The Bertz CT molecular complexity index is 2490. The number of ether oxygens (including phenoxy) is 3. The van der Waals surface area contributed by atoms with Gasteiger partial charge >= 0.3 is 17.1 Å². The molecule has 354 valence electrons. The lowest BCUT2D eigenvalue weighted by Gasteiger charge is -2.25. The number of anilines is 3. The van der Waals surface area contributed by atoms with E-state index in [2.05, 4.69) is 20.1 Å². The van der Waals surface area contributed by atoms with Crippen molar-refractivity contribution in [2.24, 2.45) is 0 Å². The van der Waals surface area contributed by atoms with Gasteiger partial charge in [-0.25, -0.2) is 27.6 Å². The molecule has 0 aliphatic carbocycles. The molecule has 3 aromatic heterocycles. The van der Waals surface area contributed by atoms with E-state index in [1.165, 1.54) is 46.8 Å². The number of hydrogen-bond acceptors (Lipinski definition) is 19. The molecule has 0 bridgehead atoms. The fourth-order valence-electron chi connectivity index (χ4n) is 6.97. The first kappa shape index (κ1) is 52.6. The standard InChI is InChI=1S/2C13H15ClFN3O4.C11H12ClFN4O4/c2*1-6-5-8(16)17-12(21)18(6)11-13(15,3-4-14)10(20)9(22-11)7(2)19;1-5(18)7-8(19)11(13,2-3-12)9(21-7)17-10(20)16-6(14)4-15-17/h2*5,7,9-11,19-20H,1-2H3,(H2,16,17,21);4-5,7-9,18-19H,1H3,(H2,14,16,20)/t7-,9+,10-,11+,13?;7-,9-,10+,11-,13?;5-,7-,8+,9-,11?/m011/s1. The number of aliphatic hydroxyl groups is 6. The molecule has 3 unspecified atom stereocenters. The Hall–Kier alpha value is -5.05. The molecule has 3 aliphatic rings. The number of aryl methyl sites for hydroxylation is 2. The van der Waals surface area contributed by atoms with Crippen molar-refractivity contribution >= 4 is 52.3 Å². The third kappa shape index (κ3) is 10.3. The van der Waals surface area contributed by atoms with Crippen LogP contribution in [0.2, 0.25) is 0 Å². The maximum absolute atomic E-state index is 15.2. The molecule has 6 heterocycles. The minimum atomic E-state index is -2.74. The molecule has 65 heavy (non-hydrogen) atoms. The van der Waals surface area contributed by atoms with Crippen molar-refractivity contribution in [1.82, 2.24) is 33.9 Å². The first-order chi connectivity index (χ1) is 30.2. The van der Waals surface area contributed by atoms with Gasteiger partial charge in [0.25, 0.3) is 0 Å². The Balaban J connectivity index is 0.000000213. The van der Waals surface area contributed by atoms with Gasteiger partial charge in [0.2, 0.25) is 23.2 Å². The van der Waals surface area contributed by atoms with Crippen LogP contribution in [0.3, 0.4) is 0 Å². The molecular weight excluding hydrogens is 940 g/mol. The van der Waals surface area contributed by atoms with Gasteiger partial charge in [0.15, 0.2) is 12.5 Å². The van der Waals surface area contributed by atoms with Crippen LogP contribution >= 0.6 is 34.8 Å². The van der Waals surface area contributed by atoms with E-state index in [1.54, 1.807) is 0 Å². The fourth-order valence-corrected chi connectivity index (χ4v) is 7.40. The molecule has 28 heteroatoms. The van der Waals surface area contributed by atoms with Crippen molar-refractivity contribution in [2.45, 2.75) is 125 Å². The molecule has 3 fully saturated rings. The number of alkyl halides is 3. The second-order valence-electron chi connectivity index (χ2n) is 14.7. The summed E-state index contributed by atoms with van der Waals surface area (Å²) in [6.45, 7) is 6.93. The minimum absolute atomic E-state index is 0.0303. The molecule has 0 saturated carbocycles. The van der Waals surface area contributed by atoms with E-state index in [9.17, 15) is 49.4 Å². The number of nitrogens with zero attached hydrogens (tertiary/aromatic N) is 7. The number of aromatic nitrogens is 7. The van der Waals surface area contributed by atoms with Gasteiger partial charge in [0.05, 0.1) is 24.5 Å². The summed E-state index contributed by atoms with van der Waals surface area (Å²) in [6, 6.07) is 2.70. The first-order valence-corrected chi connectivity index (χ1v) is 19.8. The normalized spacial score (nSPS) is 32.7. The van der Waals surface area contributed by atoms with Gasteiger partial charge in [0, 0.05) is 27.5 Å². The predicted molar refractivity (Wildman–Crippen MR) is 223 cm³/mol. The van der Waals surface area contributed by atoms with Gasteiger partial charge in [-0.2, -0.15) is 24.7 Å². The number of nitrogen functional groups attached to an aromatic ring is 3. The van der Waals surface area contributed by atoms with E-state index >= 15 is 8.78 Å². The highest BCUT2D eigenvalue weighted by molar-refractivity contribution is 6.30. The number of hydrogen-bond donors (Lipinski definition) is 9. The topological polar surface area (TPSA) is 345 Å². The summed E-state index contributed by atoms with van der Waals surface area (Å²) in [5, 5.41) is 68.1. The molecule has 22 nitrogen and oxygen atoms in total. The van der Waals surface area contributed by atoms with Crippen LogP contribution in [0.5, 0.6) is 0 Å². The minimum Gasteiger partial charge on any atom is -0.391 e. The van der Waals surface area contributed by atoms with Gasteiger partial charge in [0.1, 0.15) is 54.1 Å². The van der Waals surface area contributed by atoms with Crippen LogP contribution in [-0.2, 0) is 14.2 Å². The predicted octanol–water partition coefficient (Wildman–Crippen LogP) is -1.87. The van der Waals surface area contributed by atoms with E-state index in [0.29, 0.717) is 4.68 Å². The average molecular weight is 982 g/mol. The Labute approximate surface area is 380 Å². The molecule has 15 atom stereocenters. The highest BCUT2D eigenvalue weighted by Crippen LogP contribution is 2.44. The quantitative estimate of drug-likeness (QED) is 0.122. The second kappa shape index (κ2) is 20.6. The lowest BCUT2D eigenvalue weighted by Crippen LogP contribution is -2.46. The third-order valence-corrected chi connectivity index (χ3v) is 10.3. The smallest absolute Gasteiger partial charge is 0.368 e. The summed E-state index contributed by atoms with van der Waals surface area (Å²) in [6.07, 6.45) is -16.8. The van der Waals surface area contributed by atoms with Crippen LogP contribution < -0.4 is 34.3 Å². The van der Waals surface area contributed by atoms with Crippen molar-refractivity contribution in [2.75, 3.05) is 17.2 Å². The number of halogens is 6. The van der Waals surface area contributed by atoms with E-state index in [0.717, 1.165) is 15.3 Å². The fraction of sp³-hybridized carbons (Fsp3) is 0.541. The maximum Gasteiger partial charge on any atom is 0.368 e. The van der Waals surface area contributed by atoms with Crippen LogP contribution in [0.1, 0.15) is 50.8 Å². The Morgan fingerprint density at radius 1 is 0.615 bits per heavy atom. The van der Waals surface area contributed by atoms with Crippen molar-refractivity contribution in [3.05, 3.63) is 61.2 Å². The molecule has 0 amide bonds. The Kier molecular flexibility index (Phi) is 16.7. The second-order valence-corrected chi connectivity index (χ2v) is 15.3. The van der Waals surface area contributed by atoms with Crippen molar-refractivity contribution in [1.29, 1.82) is 0 Å². The van der Waals surface area contributed by atoms with Crippen LogP contribution in [0.25, 0.3) is 0 Å². The Morgan fingerprint density at radius 2 is 0.923 bits per heavy atom. The zero-order chi connectivity index (χ0) is 49.1. The van der Waals surface area contributed by atoms with Crippen LogP contribution in [0.4, 0.5) is 30.6 Å². The molecule has 0 aromatic carbocycles. The van der Waals surface area contributed by atoms with Gasteiger partial charge in [-0.05, 0) is 99.3 Å². The number of aliphatic hydroxyl groups excluding tert-OH is 6. The summed E-state index contributed by atoms with van der Waals surface area (Å²) < 4.78 is 63.4. The highest BCUT2D eigenvalue weighted by atomic mass is 35.5. The van der Waals surface area contributed by atoms with Gasteiger partial charge in [-0.15, -0.1) is 0 Å². The summed E-state index contributed by atoms with van der Waals surface area (Å²) >= 11 is 15.7. The SMILES string of the molecule is C[C@@H](O)[C@H]1O[C@@H](n2ncc(N)nc2=O)C(F)(C#CCl)[C@H]1O.Cc1cc(N)nc(=O)n1[C@@H]1O[C@H]([C@@H](C)O)[C@H](O)C1(F)C#CCl.Cc1cc(N)nc(=O)n1[C@@H]1O[C@H]([C@H](C)O)[C@H](O)C1(F)C#CCl. The number of nitrogens with two attached hydrogens (primary N) is 3. The first-order valence-electron chi connectivity index (χ1n) is 18.7. The van der Waals surface area contributed by atoms with Gasteiger partial charge in [-0.1, -0.05) is 0 Å². The highest BCUT2D eigenvalue weighted by Gasteiger charge is 2.62. The summed E-state index contributed by atoms with van der Waals surface area (Å²) in [4.78, 5) is 46.2. The van der Waals surface area contributed by atoms with Crippen LogP contribution in [0.15, 0.2) is 32.7 Å². The van der Waals surface area contributed by atoms with E-state index < -0.39 is 108 Å². The van der Waals surface area contributed by atoms with E-state index in [1.807, 2.05) is 33.9 Å². The lowest BCUT2D eigenvalue weighted by molar-refractivity contribution is -0.0849. The van der Waals surface area contributed by atoms with Crippen LogP contribution in [-0.4, -0.2) is 136 Å². The average Bonchev–Trinajstić information content (AvgIpc) is 3.71. The molecule has 0 spiro atoms. The maximum atomic E-state index is 15.2. The molecule has 0 radical (unpaired) electrons. The van der Waals surface area contributed by atoms with Crippen molar-refractivity contribution in [3.63, 3.8) is 0 Å². The summed E-state index contributed by atoms with van der Waals surface area (Å²) in [7, 11) is 0. The molecule has 3 aromatic rings. The third-order valence-electron chi connectivity index (χ3n) is 10.1. The van der Waals surface area contributed by atoms with Crippen molar-refractivity contribution < 1.29 is 58.0 Å². The monoisotopic (exact) mass is 980 g/mol. The molecule has 6 rings (SSSR count). The van der Waals surface area contributed by atoms with E-state index in [4.69, 9.17) is 66.2 Å². The van der Waals surface area contributed by atoms with Crippen LogP contribution in [0, 0.1) is 47.7 Å². The zero-order valence-electron chi connectivity index (χ0n) is 34.4. The zero-order valence-corrected chi connectivity index (χ0v) is 36.7. The van der Waals surface area contributed by atoms with Gasteiger partial charge < -0.3 is 62.1 Å². The van der Waals surface area contributed by atoms with E-state index in [-0.39, 0.29) is 28.8 Å². The summed E-state index contributed by atoms with van der Waals surface area (Å²) in [5.41, 5.74) is 5.92. The Morgan fingerprint density at radius 3 is 1.22 bits per heavy atom. The largest absolute Gasteiger partial charge is 0.391 e. The molecule has 3 aliphatic heterocycles. The van der Waals surface area contributed by atoms with Crippen molar-refractivity contribution in [3.8, 4) is 33.9 Å².